The molecule has 6 heteroatoms. The molecule has 0 amide bonds. The second-order valence-electron chi connectivity index (χ2n) is 2.78. The first-order chi connectivity index (χ1) is 6.19. The van der Waals surface area contributed by atoms with E-state index in [0.717, 1.165) is 25.5 Å². The largest absolute Gasteiger partial charge is 0.335 e. The Kier molecular flexibility index (Phi) is 3.44. The lowest BCUT2D eigenvalue weighted by molar-refractivity contribution is 0.285. The Hall–Kier alpha value is -0.880. The molecule has 1 rings (SSSR count). The van der Waals surface area contributed by atoms with Crippen molar-refractivity contribution in [1.29, 1.82) is 0 Å². The van der Waals surface area contributed by atoms with E-state index in [9.17, 15) is 0 Å². The quantitative estimate of drug-likeness (QED) is 0.550. The van der Waals surface area contributed by atoms with Gasteiger partial charge in [-0.15, -0.1) is 0 Å². The minimum absolute atomic E-state index is 0.460. The summed E-state index contributed by atoms with van der Waals surface area (Å²) in [6, 6.07) is 0. The van der Waals surface area contributed by atoms with Crippen LogP contribution in [0.1, 0.15) is 19.7 Å². The standard InChI is InChI=1S/C7H15N5S/c1-3-11(4-2)5-6-9-10-7(13)12(6)8/h3-5,8H2,1-2H3,(H,10,13). The first-order valence-electron chi connectivity index (χ1n) is 4.32. The number of nitrogen functional groups attached to an aromatic ring is 1. The number of nitrogens with one attached hydrogen (secondary N) is 1. The predicted octanol–water partition coefficient (Wildman–Crippen LogP) is 0.496. The van der Waals surface area contributed by atoms with Gasteiger partial charge in [0, 0.05) is 0 Å². The fourth-order valence-corrected chi connectivity index (χ4v) is 1.25. The van der Waals surface area contributed by atoms with Crippen LogP contribution in [0.2, 0.25) is 0 Å². The van der Waals surface area contributed by atoms with Crippen LogP contribution in [-0.2, 0) is 6.54 Å². The molecule has 0 atom stereocenters. The molecular formula is C7H15N5S. The van der Waals surface area contributed by atoms with Crippen LogP contribution in [0.4, 0.5) is 0 Å². The van der Waals surface area contributed by atoms with Crippen LogP contribution in [0.25, 0.3) is 0 Å². The molecule has 0 aromatic carbocycles. The fourth-order valence-electron chi connectivity index (χ4n) is 1.10. The molecule has 0 radical (unpaired) electrons. The topological polar surface area (TPSA) is 62.9 Å². The summed E-state index contributed by atoms with van der Waals surface area (Å²) in [5.41, 5.74) is 0. The molecule has 0 aliphatic heterocycles. The van der Waals surface area contributed by atoms with E-state index in [1.807, 2.05) is 0 Å². The minimum atomic E-state index is 0.460. The third-order valence-corrected chi connectivity index (χ3v) is 2.32. The van der Waals surface area contributed by atoms with Gasteiger partial charge in [0.05, 0.1) is 6.54 Å². The molecule has 0 spiro atoms. The van der Waals surface area contributed by atoms with E-state index in [0.29, 0.717) is 4.77 Å². The third-order valence-electron chi connectivity index (χ3n) is 2.04. The Morgan fingerprint density at radius 1 is 1.54 bits per heavy atom. The zero-order valence-electron chi connectivity index (χ0n) is 7.95. The maximum absolute atomic E-state index is 5.65. The monoisotopic (exact) mass is 201 g/mol. The zero-order valence-corrected chi connectivity index (χ0v) is 8.77. The van der Waals surface area contributed by atoms with Crippen LogP contribution in [0.15, 0.2) is 0 Å². The van der Waals surface area contributed by atoms with E-state index >= 15 is 0 Å². The van der Waals surface area contributed by atoms with Gasteiger partial charge in [-0.05, 0) is 25.3 Å². The molecule has 5 nitrogen and oxygen atoms in total. The lowest BCUT2D eigenvalue weighted by Crippen LogP contribution is -2.26. The number of aromatic amines is 1. The molecule has 0 unspecified atom stereocenters. The number of hydrogen-bond acceptors (Lipinski definition) is 4. The van der Waals surface area contributed by atoms with Crippen molar-refractivity contribution in [3.05, 3.63) is 10.6 Å². The van der Waals surface area contributed by atoms with Crippen molar-refractivity contribution in [2.75, 3.05) is 18.9 Å². The average molecular weight is 201 g/mol. The van der Waals surface area contributed by atoms with Crippen molar-refractivity contribution in [1.82, 2.24) is 19.8 Å². The van der Waals surface area contributed by atoms with Gasteiger partial charge in [0.2, 0.25) is 4.77 Å². The van der Waals surface area contributed by atoms with Crippen molar-refractivity contribution in [3.8, 4) is 0 Å². The highest BCUT2D eigenvalue weighted by atomic mass is 32.1. The molecule has 0 saturated carbocycles. The van der Waals surface area contributed by atoms with Crippen LogP contribution < -0.4 is 5.84 Å². The molecule has 74 valence electrons. The molecular weight excluding hydrogens is 186 g/mol. The summed E-state index contributed by atoms with van der Waals surface area (Å²) in [5, 5.41) is 6.68. The smallest absolute Gasteiger partial charge is 0.214 e. The molecule has 1 aromatic rings. The Morgan fingerprint density at radius 3 is 2.54 bits per heavy atom. The van der Waals surface area contributed by atoms with Crippen LogP contribution >= 0.6 is 12.2 Å². The SMILES string of the molecule is CCN(CC)Cc1n[nH]c(=S)n1N. The number of rotatable bonds is 4. The van der Waals surface area contributed by atoms with Gasteiger partial charge in [-0.1, -0.05) is 13.8 Å². The Morgan fingerprint density at radius 2 is 2.15 bits per heavy atom. The molecule has 1 aromatic heterocycles. The highest BCUT2D eigenvalue weighted by molar-refractivity contribution is 7.71. The average Bonchev–Trinajstić information content (AvgIpc) is 2.45. The van der Waals surface area contributed by atoms with Gasteiger partial charge in [-0.3, -0.25) is 10.00 Å². The summed E-state index contributed by atoms with van der Waals surface area (Å²) in [6.45, 7) is 6.90. The lowest BCUT2D eigenvalue weighted by Gasteiger charge is -2.16. The first-order valence-corrected chi connectivity index (χ1v) is 4.73. The number of hydrogen-bond donors (Lipinski definition) is 2. The van der Waals surface area contributed by atoms with Gasteiger partial charge in [0.15, 0.2) is 5.82 Å². The van der Waals surface area contributed by atoms with E-state index in [4.69, 9.17) is 18.1 Å². The van der Waals surface area contributed by atoms with Crippen LogP contribution in [0, 0.1) is 4.77 Å². The first kappa shape index (κ1) is 10.2. The molecule has 0 aliphatic rings. The highest BCUT2D eigenvalue weighted by Gasteiger charge is 2.06. The number of nitrogens with zero attached hydrogens (tertiary/aromatic N) is 3. The molecule has 1 heterocycles. The second-order valence-corrected chi connectivity index (χ2v) is 3.16. The summed E-state index contributed by atoms with van der Waals surface area (Å²) in [6.07, 6.45) is 0. The van der Waals surface area contributed by atoms with Gasteiger partial charge < -0.3 is 5.84 Å². The van der Waals surface area contributed by atoms with Gasteiger partial charge >= 0.3 is 0 Å². The molecule has 13 heavy (non-hydrogen) atoms. The summed E-state index contributed by atoms with van der Waals surface area (Å²) in [7, 11) is 0. The molecule has 0 fully saturated rings. The second kappa shape index (κ2) is 4.38. The van der Waals surface area contributed by atoms with Crippen molar-refractivity contribution < 1.29 is 0 Å². The van der Waals surface area contributed by atoms with Crippen molar-refractivity contribution >= 4 is 12.2 Å². The molecule has 0 aliphatic carbocycles. The summed E-state index contributed by atoms with van der Waals surface area (Å²) >= 11 is 4.90. The highest BCUT2D eigenvalue weighted by Crippen LogP contribution is 1.98. The fraction of sp³-hybridized carbons (Fsp3) is 0.714. The van der Waals surface area contributed by atoms with Gasteiger partial charge in [0.1, 0.15) is 0 Å². The van der Waals surface area contributed by atoms with Crippen molar-refractivity contribution in [3.63, 3.8) is 0 Å². The van der Waals surface area contributed by atoms with Crippen molar-refractivity contribution in [2.45, 2.75) is 20.4 Å². The van der Waals surface area contributed by atoms with E-state index in [1.165, 1.54) is 4.68 Å². The Labute approximate surface area is 82.5 Å². The third kappa shape index (κ3) is 2.28. The van der Waals surface area contributed by atoms with E-state index in [-0.39, 0.29) is 0 Å². The lowest BCUT2D eigenvalue weighted by atomic mass is 10.4. The van der Waals surface area contributed by atoms with Gasteiger partial charge in [-0.25, -0.2) is 4.68 Å². The minimum Gasteiger partial charge on any atom is -0.335 e. The van der Waals surface area contributed by atoms with Crippen molar-refractivity contribution in [2.24, 2.45) is 0 Å². The summed E-state index contributed by atoms with van der Waals surface area (Å²) in [5.74, 6) is 6.42. The maximum Gasteiger partial charge on any atom is 0.214 e. The maximum atomic E-state index is 5.65. The van der Waals surface area contributed by atoms with Gasteiger partial charge in [-0.2, -0.15) is 5.10 Å². The molecule has 0 saturated heterocycles. The predicted molar refractivity (Wildman–Crippen MR) is 54.2 cm³/mol. The van der Waals surface area contributed by atoms with Crippen LogP contribution in [-0.4, -0.2) is 32.9 Å². The number of aromatic nitrogens is 3. The van der Waals surface area contributed by atoms with E-state index < -0.39 is 0 Å². The molecule has 3 N–H and O–H groups in total. The van der Waals surface area contributed by atoms with E-state index in [2.05, 4.69) is 28.9 Å². The van der Waals surface area contributed by atoms with Crippen LogP contribution in [0.3, 0.4) is 0 Å². The number of nitrogens with two attached hydrogens (primary N) is 1. The molecule has 0 bridgehead atoms. The summed E-state index contributed by atoms with van der Waals surface area (Å²) in [4.78, 5) is 2.22. The zero-order chi connectivity index (χ0) is 9.84. The van der Waals surface area contributed by atoms with Gasteiger partial charge in [0.25, 0.3) is 0 Å². The normalized spacial score (nSPS) is 11.0. The van der Waals surface area contributed by atoms with Crippen LogP contribution in [0.5, 0.6) is 0 Å². The Bertz CT molecular complexity index is 311. The summed E-state index contributed by atoms with van der Waals surface area (Å²) < 4.78 is 1.87. The number of H-pyrrole nitrogens is 1. The van der Waals surface area contributed by atoms with E-state index in [1.54, 1.807) is 0 Å². The Balaban J connectivity index is 2.73.